The van der Waals surface area contributed by atoms with Gasteiger partial charge in [-0.05, 0) is 31.4 Å². The first-order chi connectivity index (χ1) is 8.66. The summed E-state index contributed by atoms with van der Waals surface area (Å²) in [4.78, 5) is 3.92. The minimum Gasteiger partial charge on any atom is -0.485 e. The normalized spacial score (nSPS) is 12.4. The quantitative estimate of drug-likeness (QED) is 0.872. The van der Waals surface area contributed by atoms with Crippen LogP contribution in [0.15, 0.2) is 29.1 Å². The first kappa shape index (κ1) is 12.6. The molecule has 96 valence electrons. The van der Waals surface area contributed by atoms with Crippen molar-refractivity contribution in [2.24, 2.45) is 5.73 Å². The average molecular weight is 247 g/mol. The molecule has 5 heteroatoms. The Hall–Kier alpha value is -1.88. The molecule has 0 amide bonds. The summed E-state index contributed by atoms with van der Waals surface area (Å²) in [6.07, 6.45) is 2.07. The monoisotopic (exact) mass is 247 g/mol. The minimum absolute atomic E-state index is 0.0966. The SMILES string of the molecule is Cc1cccc(CC(C)N)c1OCc1ncon1. The maximum Gasteiger partial charge on any atom is 0.213 e. The predicted molar refractivity (Wildman–Crippen MR) is 67.2 cm³/mol. The van der Waals surface area contributed by atoms with E-state index >= 15 is 0 Å². The molecule has 1 heterocycles. The average Bonchev–Trinajstić information content (AvgIpc) is 2.80. The van der Waals surface area contributed by atoms with Crippen LogP contribution >= 0.6 is 0 Å². The molecule has 0 spiro atoms. The largest absolute Gasteiger partial charge is 0.485 e. The van der Waals surface area contributed by atoms with E-state index in [0.717, 1.165) is 23.3 Å². The Bertz CT molecular complexity index is 495. The number of aromatic nitrogens is 2. The summed E-state index contributed by atoms with van der Waals surface area (Å²) in [6, 6.07) is 6.14. The van der Waals surface area contributed by atoms with Gasteiger partial charge in [0.25, 0.3) is 0 Å². The summed E-state index contributed by atoms with van der Waals surface area (Å²) in [5, 5.41) is 3.72. The molecule has 0 radical (unpaired) electrons. The Morgan fingerprint density at radius 2 is 2.28 bits per heavy atom. The van der Waals surface area contributed by atoms with Gasteiger partial charge in [0, 0.05) is 6.04 Å². The van der Waals surface area contributed by atoms with Crippen LogP contribution in [0.3, 0.4) is 0 Å². The van der Waals surface area contributed by atoms with Crippen LogP contribution in [0.25, 0.3) is 0 Å². The Morgan fingerprint density at radius 1 is 1.44 bits per heavy atom. The summed E-state index contributed by atoms with van der Waals surface area (Å²) in [5.74, 6) is 1.39. The summed E-state index contributed by atoms with van der Waals surface area (Å²) < 4.78 is 10.4. The molecule has 1 atom stereocenters. The molecule has 0 aliphatic rings. The molecule has 0 fully saturated rings. The van der Waals surface area contributed by atoms with Crippen LogP contribution in [0.4, 0.5) is 0 Å². The topological polar surface area (TPSA) is 74.2 Å². The first-order valence-corrected chi connectivity index (χ1v) is 5.89. The van der Waals surface area contributed by atoms with Gasteiger partial charge in [-0.1, -0.05) is 23.4 Å². The zero-order valence-corrected chi connectivity index (χ0v) is 10.6. The second-order valence-corrected chi connectivity index (χ2v) is 4.38. The van der Waals surface area contributed by atoms with Gasteiger partial charge >= 0.3 is 0 Å². The second-order valence-electron chi connectivity index (χ2n) is 4.38. The van der Waals surface area contributed by atoms with Crippen LogP contribution in [0, 0.1) is 6.92 Å². The molecule has 2 N–H and O–H groups in total. The molecule has 0 aliphatic heterocycles. The van der Waals surface area contributed by atoms with Crippen molar-refractivity contribution in [2.45, 2.75) is 32.9 Å². The fourth-order valence-electron chi connectivity index (χ4n) is 1.82. The molecule has 2 aromatic rings. The van der Waals surface area contributed by atoms with Crippen molar-refractivity contribution in [3.8, 4) is 5.75 Å². The molecule has 0 saturated carbocycles. The Labute approximate surface area is 106 Å². The number of nitrogens with two attached hydrogens (primary N) is 1. The number of aryl methyl sites for hydroxylation is 1. The van der Waals surface area contributed by atoms with Gasteiger partial charge in [0.1, 0.15) is 5.75 Å². The molecule has 1 unspecified atom stereocenters. The number of nitrogens with zero attached hydrogens (tertiary/aromatic N) is 2. The van der Waals surface area contributed by atoms with Gasteiger partial charge in [-0.2, -0.15) is 4.98 Å². The third-order valence-corrected chi connectivity index (χ3v) is 2.59. The first-order valence-electron chi connectivity index (χ1n) is 5.89. The Kier molecular flexibility index (Phi) is 3.94. The Morgan fingerprint density at radius 3 is 2.94 bits per heavy atom. The summed E-state index contributed by atoms with van der Waals surface area (Å²) >= 11 is 0. The van der Waals surface area contributed by atoms with E-state index in [4.69, 9.17) is 10.5 Å². The molecule has 5 nitrogen and oxygen atoms in total. The van der Waals surface area contributed by atoms with E-state index < -0.39 is 0 Å². The molecular weight excluding hydrogens is 230 g/mol. The van der Waals surface area contributed by atoms with E-state index in [-0.39, 0.29) is 6.04 Å². The van der Waals surface area contributed by atoms with Crippen molar-refractivity contribution < 1.29 is 9.26 Å². The number of ether oxygens (including phenoxy) is 1. The highest BCUT2D eigenvalue weighted by atomic mass is 16.5. The molecule has 0 saturated heterocycles. The fraction of sp³-hybridized carbons (Fsp3) is 0.385. The van der Waals surface area contributed by atoms with Crippen molar-refractivity contribution in [3.05, 3.63) is 41.5 Å². The third-order valence-electron chi connectivity index (χ3n) is 2.59. The number of hydrogen-bond acceptors (Lipinski definition) is 5. The van der Waals surface area contributed by atoms with Crippen molar-refractivity contribution in [1.82, 2.24) is 10.1 Å². The van der Waals surface area contributed by atoms with Crippen molar-refractivity contribution in [1.29, 1.82) is 0 Å². The molecule has 1 aromatic carbocycles. The van der Waals surface area contributed by atoms with Crippen LogP contribution in [0.1, 0.15) is 23.9 Å². The molecule has 0 bridgehead atoms. The standard InChI is InChI=1S/C13H17N3O2/c1-9-4-3-5-11(6-10(2)14)13(9)17-7-12-15-8-18-16-12/h3-5,8,10H,6-7,14H2,1-2H3. The number of benzene rings is 1. The van der Waals surface area contributed by atoms with E-state index in [2.05, 4.69) is 14.7 Å². The molecule has 2 rings (SSSR count). The smallest absolute Gasteiger partial charge is 0.213 e. The van der Waals surface area contributed by atoms with Crippen LogP contribution in [0.2, 0.25) is 0 Å². The third kappa shape index (κ3) is 3.07. The highest BCUT2D eigenvalue weighted by Crippen LogP contribution is 2.25. The molecule has 18 heavy (non-hydrogen) atoms. The van der Waals surface area contributed by atoms with Crippen LogP contribution in [0.5, 0.6) is 5.75 Å². The van der Waals surface area contributed by atoms with Gasteiger partial charge in [0.15, 0.2) is 6.61 Å². The lowest BCUT2D eigenvalue weighted by Crippen LogP contribution is -2.18. The zero-order valence-electron chi connectivity index (χ0n) is 10.6. The van der Waals surface area contributed by atoms with Gasteiger partial charge in [-0.3, -0.25) is 0 Å². The van der Waals surface area contributed by atoms with E-state index in [1.165, 1.54) is 6.39 Å². The molecule has 0 aliphatic carbocycles. The van der Waals surface area contributed by atoms with Crippen LogP contribution in [-0.2, 0) is 13.0 Å². The second kappa shape index (κ2) is 5.64. The van der Waals surface area contributed by atoms with Crippen molar-refractivity contribution >= 4 is 0 Å². The lowest BCUT2D eigenvalue weighted by Gasteiger charge is -2.14. The highest BCUT2D eigenvalue weighted by molar-refractivity contribution is 5.41. The van der Waals surface area contributed by atoms with E-state index in [1.807, 2.05) is 32.0 Å². The number of hydrogen-bond donors (Lipinski definition) is 1. The summed E-state index contributed by atoms with van der Waals surface area (Å²) in [5.41, 5.74) is 8.02. The number of rotatable bonds is 5. The molecular formula is C13H17N3O2. The van der Waals surface area contributed by atoms with Crippen LogP contribution < -0.4 is 10.5 Å². The zero-order chi connectivity index (χ0) is 13.0. The van der Waals surface area contributed by atoms with Crippen LogP contribution in [-0.4, -0.2) is 16.2 Å². The Balaban J connectivity index is 2.14. The van der Waals surface area contributed by atoms with Gasteiger partial charge in [-0.15, -0.1) is 0 Å². The lowest BCUT2D eigenvalue weighted by molar-refractivity contribution is 0.281. The number of para-hydroxylation sites is 1. The minimum atomic E-state index is 0.0966. The van der Waals surface area contributed by atoms with E-state index in [1.54, 1.807) is 0 Å². The van der Waals surface area contributed by atoms with E-state index in [0.29, 0.717) is 12.4 Å². The maximum atomic E-state index is 5.84. The lowest BCUT2D eigenvalue weighted by atomic mass is 10.0. The molecule has 1 aromatic heterocycles. The van der Waals surface area contributed by atoms with Gasteiger partial charge < -0.3 is 15.0 Å². The van der Waals surface area contributed by atoms with Gasteiger partial charge in [-0.25, -0.2) is 0 Å². The van der Waals surface area contributed by atoms with Crippen molar-refractivity contribution in [3.63, 3.8) is 0 Å². The maximum absolute atomic E-state index is 5.84. The summed E-state index contributed by atoms with van der Waals surface area (Å²) in [7, 11) is 0. The van der Waals surface area contributed by atoms with E-state index in [9.17, 15) is 0 Å². The van der Waals surface area contributed by atoms with Crippen molar-refractivity contribution in [2.75, 3.05) is 0 Å². The van der Waals surface area contributed by atoms with Gasteiger partial charge in [0.05, 0.1) is 0 Å². The predicted octanol–water partition coefficient (Wildman–Crippen LogP) is 1.85. The highest BCUT2D eigenvalue weighted by Gasteiger charge is 2.10. The summed E-state index contributed by atoms with van der Waals surface area (Å²) in [6.45, 7) is 4.29. The fourth-order valence-corrected chi connectivity index (χ4v) is 1.82. The van der Waals surface area contributed by atoms with Gasteiger partial charge in [0.2, 0.25) is 12.2 Å².